The lowest BCUT2D eigenvalue weighted by Gasteiger charge is -2.24. The summed E-state index contributed by atoms with van der Waals surface area (Å²) in [5.41, 5.74) is -0.191. The van der Waals surface area contributed by atoms with E-state index < -0.39 is 6.04 Å². The van der Waals surface area contributed by atoms with Crippen molar-refractivity contribution >= 4 is 29.6 Å². The van der Waals surface area contributed by atoms with Crippen LogP contribution in [0.4, 0.5) is 5.82 Å². The summed E-state index contributed by atoms with van der Waals surface area (Å²) in [6.07, 6.45) is 1.78. The Morgan fingerprint density at radius 3 is 2.58 bits per heavy atom. The second-order valence-electron chi connectivity index (χ2n) is 5.15. The third-order valence-electron chi connectivity index (χ3n) is 2.20. The first-order valence-electron chi connectivity index (χ1n) is 5.79. The maximum Gasteiger partial charge on any atom is 0.242 e. The molecule has 1 aromatic heterocycles. The summed E-state index contributed by atoms with van der Waals surface area (Å²) in [5, 5.41) is 5.72. The topological polar surface area (TPSA) is 84.0 Å². The van der Waals surface area contributed by atoms with Crippen LogP contribution in [-0.2, 0) is 4.79 Å². The molecule has 1 rings (SSSR count). The second kappa shape index (κ2) is 5.97. The van der Waals surface area contributed by atoms with E-state index in [4.69, 9.17) is 11.6 Å². The Hall–Kier alpha value is -1.69. The summed E-state index contributed by atoms with van der Waals surface area (Å²) in [6.45, 7) is 7.33. The molecule has 1 amide bonds. The van der Waals surface area contributed by atoms with Crippen LogP contribution in [0.15, 0.2) is 6.33 Å². The van der Waals surface area contributed by atoms with Crippen LogP contribution in [0.1, 0.15) is 38.1 Å². The number of hydrogen-bond donors (Lipinski definition) is 2. The molecule has 0 bridgehead atoms. The Balaban J connectivity index is 2.83. The zero-order valence-corrected chi connectivity index (χ0v) is 12.1. The molecule has 2 N–H and O–H groups in total. The van der Waals surface area contributed by atoms with E-state index >= 15 is 0 Å². The van der Waals surface area contributed by atoms with E-state index in [0.29, 0.717) is 6.29 Å². The van der Waals surface area contributed by atoms with Crippen molar-refractivity contribution in [3.05, 3.63) is 17.0 Å². The highest BCUT2D eigenvalue weighted by Gasteiger charge is 2.20. The fourth-order valence-electron chi connectivity index (χ4n) is 1.34. The van der Waals surface area contributed by atoms with Crippen LogP contribution in [0, 0.1) is 0 Å². The van der Waals surface area contributed by atoms with E-state index in [-0.39, 0.29) is 28.0 Å². The number of aromatic nitrogens is 2. The SMILES string of the molecule is CC(Nc1ncnc(Cl)c1C=O)C(=O)NC(C)(C)C. The Morgan fingerprint density at radius 1 is 1.42 bits per heavy atom. The Morgan fingerprint density at radius 2 is 2.05 bits per heavy atom. The van der Waals surface area contributed by atoms with Gasteiger partial charge in [0, 0.05) is 5.54 Å². The van der Waals surface area contributed by atoms with Crippen LogP contribution >= 0.6 is 11.6 Å². The highest BCUT2D eigenvalue weighted by molar-refractivity contribution is 6.32. The minimum absolute atomic E-state index is 0.0518. The highest BCUT2D eigenvalue weighted by Crippen LogP contribution is 2.18. The van der Waals surface area contributed by atoms with Crippen LogP contribution in [0.2, 0.25) is 5.15 Å². The van der Waals surface area contributed by atoms with Gasteiger partial charge in [-0.15, -0.1) is 0 Å². The molecule has 19 heavy (non-hydrogen) atoms. The largest absolute Gasteiger partial charge is 0.358 e. The van der Waals surface area contributed by atoms with Gasteiger partial charge in [0.05, 0.1) is 5.56 Å². The molecule has 0 aliphatic rings. The predicted molar refractivity (Wildman–Crippen MR) is 73.4 cm³/mol. The lowest BCUT2D eigenvalue weighted by molar-refractivity contribution is -0.122. The first-order chi connectivity index (χ1) is 8.74. The van der Waals surface area contributed by atoms with Crippen molar-refractivity contribution < 1.29 is 9.59 Å². The Kier molecular flexibility index (Phi) is 4.83. The van der Waals surface area contributed by atoms with Gasteiger partial charge in [0.15, 0.2) is 6.29 Å². The third kappa shape index (κ3) is 4.48. The second-order valence-corrected chi connectivity index (χ2v) is 5.51. The van der Waals surface area contributed by atoms with Gasteiger partial charge in [-0.25, -0.2) is 9.97 Å². The molecule has 0 spiro atoms. The summed E-state index contributed by atoms with van der Waals surface area (Å²) in [7, 11) is 0. The molecule has 0 aromatic carbocycles. The molecule has 0 radical (unpaired) electrons. The molecule has 1 atom stereocenters. The molecule has 0 aliphatic heterocycles. The fourth-order valence-corrected chi connectivity index (χ4v) is 1.52. The average Bonchev–Trinajstić information content (AvgIpc) is 2.27. The minimum Gasteiger partial charge on any atom is -0.358 e. The van der Waals surface area contributed by atoms with Gasteiger partial charge < -0.3 is 10.6 Å². The normalized spacial score (nSPS) is 12.7. The number of halogens is 1. The van der Waals surface area contributed by atoms with Gasteiger partial charge in [0.25, 0.3) is 0 Å². The van der Waals surface area contributed by atoms with Crippen LogP contribution in [0.3, 0.4) is 0 Å². The number of aldehydes is 1. The predicted octanol–water partition coefficient (Wildman–Crippen LogP) is 1.66. The van der Waals surface area contributed by atoms with Gasteiger partial charge in [0.1, 0.15) is 23.3 Å². The van der Waals surface area contributed by atoms with Crippen molar-refractivity contribution in [2.24, 2.45) is 0 Å². The zero-order chi connectivity index (χ0) is 14.6. The summed E-state index contributed by atoms with van der Waals surface area (Å²) >= 11 is 5.78. The van der Waals surface area contributed by atoms with Gasteiger partial charge in [0.2, 0.25) is 5.91 Å². The fraction of sp³-hybridized carbons (Fsp3) is 0.500. The molecule has 1 heterocycles. The van der Waals surface area contributed by atoms with E-state index in [2.05, 4.69) is 20.6 Å². The first-order valence-corrected chi connectivity index (χ1v) is 6.16. The third-order valence-corrected chi connectivity index (χ3v) is 2.50. The number of rotatable bonds is 4. The summed E-state index contributed by atoms with van der Waals surface area (Å²) in [4.78, 5) is 30.4. The number of carbonyl (C=O) groups excluding carboxylic acids is 2. The summed E-state index contributed by atoms with van der Waals surface area (Å²) < 4.78 is 0. The zero-order valence-electron chi connectivity index (χ0n) is 11.3. The van der Waals surface area contributed by atoms with Crippen molar-refractivity contribution in [3.63, 3.8) is 0 Å². The standard InChI is InChI=1S/C12H17ClN4O2/c1-7(11(19)17-12(2,3)4)16-10-8(5-18)9(13)14-6-15-10/h5-7H,1-4H3,(H,17,19)(H,14,15,16). The van der Waals surface area contributed by atoms with Gasteiger partial charge in [-0.05, 0) is 27.7 Å². The maximum atomic E-state index is 11.9. The molecule has 1 aromatic rings. The van der Waals surface area contributed by atoms with Crippen LogP contribution in [-0.4, -0.2) is 33.7 Å². The number of nitrogens with zero attached hydrogens (tertiary/aromatic N) is 2. The van der Waals surface area contributed by atoms with Gasteiger partial charge >= 0.3 is 0 Å². The van der Waals surface area contributed by atoms with E-state index in [1.165, 1.54) is 6.33 Å². The summed E-state index contributed by atoms with van der Waals surface area (Å²) in [6, 6.07) is -0.552. The minimum atomic E-state index is -0.552. The molecule has 0 fully saturated rings. The van der Waals surface area contributed by atoms with Crippen molar-refractivity contribution in [3.8, 4) is 0 Å². The van der Waals surface area contributed by atoms with E-state index in [1.54, 1.807) is 6.92 Å². The van der Waals surface area contributed by atoms with E-state index in [9.17, 15) is 9.59 Å². The summed E-state index contributed by atoms with van der Waals surface area (Å²) in [5.74, 6) is 0.0469. The van der Waals surface area contributed by atoms with Crippen molar-refractivity contribution in [2.75, 3.05) is 5.32 Å². The molecular weight excluding hydrogens is 268 g/mol. The van der Waals surface area contributed by atoms with Crippen molar-refractivity contribution in [1.82, 2.24) is 15.3 Å². The molecule has 1 unspecified atom stereocenters. The van der Waals surface area contributed by atoms with Gasteiger partial charge in [-0.1, -0.05) is 11.6 Å². The molecule has 0 aliphatic carbocycles. The number of anilines is 1. The highest BCUT2D eigenvalue weighted by atomic mass is 35.5. The molecule has 0 saturated carbocycles. The van der Waals surface area contributed by atoms with Crippen LogP contribution in [0.25, 0.3) is 0 Å². The molecule has 6 nitrogen and oxygen atoms in total. The Labute approximate surface area is 117 Å². The lowest BCUT2D eigenvalue weighted by Crippen LogP contribution is -2.47. The lowest BCUT2D eigenvalue weighted by atomic mass is 10.1. The number of hydrogen-bond acceptors (Lipinski definition) is 5. The molecule has 0 saturated heterocycles. The monoisotopic (exact) mass is 284 g/mol. The molecular formula is C12H17ClN4O2. The molecule has 7 heteroatoms. The Bertz CT molecular complexity index is 485. The van der Waals surface area contributed by atoms with Gasteiger partial charge in [-0.3, -0.25) is 9.59 Å². The number of carbonyl (C=O) groups is 2. The van der Waals surface area contributed by atoms with Crippen molar-refractivity contribution in [1.29, 1.82) is 0 Å². The maximum absolute atomic E-state index is 11.9. The average molecular weight is 285 g/mol. The first kappa shape index (κ1) is 15.4. The van der Waals surface area contributed by atoms with E-state index in [0.717, 1.165) is 0 Å². The molecule has 104 valence electrons. The van der Waals surface area contributed by atoms with Gasteiger partial charge in [-0.2, -0.15) is 0 Å². The smallest absolute Gasteiger partial charge is 0.242 e. The van der Waals surface area contributed by atoms with Crippen molar-refractivity contribution in [2.45, 2.75) is 39.3 Å². The quantitative estimate of drug-likeness (QED) is 0.649. The van der Waals surface area contributed by atoms with Crippen LogP contribution in [0.5, 0.6) is 0 Å². The van der Waals surface area contributed by atoms with E-state index in [1.807, 2.05) is 20.8 Å². The number of nitrogens with one attached hydrogen (secondary N) is 2. The number of amides is 1. The van der Waals surface area contributed by atoms with Crippen LogP contribution < -0.4 is 10.6 Å².